The number of fused-ring (bicyclic) bond motifs is 1. The predicted molar refractivity (Wildman–Crippen MR) is 112 cm³/mol. The third-order valence-electron chi connectivity index (χ3n) is 5.35. The van der Waals surface area contributed by atoms with Crippen LogP contribution in [0.2, 0.25) is 0 Å². The van der Waals surface area contributed by atoms with E-state index < -0.39 is 0 Å². The molecule has 1 N–H and O–H groups in total. The third kappa shape index (κ3) is 3.83. The molecule has 4 nitrogen and oxygen atoms in total. The normalized spacial score (nSPS) is 17.3. The van der Waals surface area contributed by atoms with Crippen LogP contribution in [-0.4, -0.2) is 24.0 Å². The lowest BCUT2D eigenvalue weighted by atomic mass is 9.96. The standard InChI is InChI=1S/C22H25N3OS/c1-15-6-3-4-7-17(15)13-24-22(26)18-8-5-11-25(14-18)21-19-12-16(2)27-20(19)9-10-23-21/h3-4,6-7,9-10,12,18H,5,8,11,13-14H2,1-2H3,(H,24,26). The van der Waals surface area contributed by atoms with Gasteiger partial charge in [0.2, 0.25) is 5.91 Å². The minimum Gasteiger partial charge on any atom is -0.355 e. The maximum Gasteiger partial charge on any atom is 0.225 e. The molecule has 1 saturated heterocycles. The largest absolute Gasteiger partial charge is 0.355 e. The molecule has 0 radical (unpaired) electrons. The summed E-state index contributed by atoms with van der Waals surface area (Å²) in [5.74, 6) is 1.18. The number of rotatable bonds is 4. The van der Waals surface area contributed by atoms with Gasteiger partial charge >= 0.3 is 0 Å². The summed E-state index contributed by atoms with van der Waals surface area (Å²) in [4.78, 5) is 21.0. The van der Waals surface area contributed by atoms with Gasteiger partial charge in [-0.1, -0.05) is 24.3 Å². The summed E-state index contributed by atoms with van der Waals surface area (Å²) in [5.41, 5.74) is 2.39. The van der Waals surface area contributed by atoms with Crippen LogP contribution in [0.5, 0.6) is 0 Å². The van der Waals surface area contributed by atoms with Crippen molar-refractivity contribution >= 4 is 33.1 Å². The number of anilines is 1. The number of thiophene rings is 1. The maximum absolute atomic E-state index is 12.8. The third-order valence-corrected chi connectivity index (χ3v) is 6.37. The van der Waals surface area contributed by atoms with Gasteiger partial charge in [0, 0.05) is 40.8 Å². The molecule has 4 rings (SSSR count). The van der Waals surface area contributed by atoms with Gasteiger partial charge in [-0.2, -0.15) is 0 Å². The van der Waals surface area contributed by atoms with Gasteiger partial charge in [0.25, 0.3) is 0 Å². The van der Waals surface area contributed by atoms with E-state index in [9.17, 15) is 4.79 Å². The van der Waals surface area contributed by atoms with Crippen molar-refractivity contribution in [2.45, 2.75) is 33.2 Å². The summed E-state index contributed by atoms with van der Waals surface area (Å²) in [6.07, 6.45) is 3.84. The van der Waals surface area contributed by atoms with Crippen molar-refractivity contribution in [3.63, 3.8) is 0 Å². The minimum atomic E-state index is 0.0135. The zero-order valence-corrected chi connectivity index (χ0v) is 16.7. The molecular formula is C22H25N3OS. The number of piperidine rings is 1. The molecule has 1 aliphatic heterocycles. The number of aryl methyl sites for hydroxylation is 2. The van der Waals surface area contributed by atoms with E-state index in [0.717, 1.165) is 31.7 Å². The molecule has 1 fully saturated rings. The molecule has 3 aromatic rings. The smallest absolute Gasteiger partial charge is 0.225 e. The molecule has 3 heterocycles. The number of amides is 1. The molecule has 27 heavy (non-hydrogen) atoms. The Labute approximate surface area is 164 Å². The maximum atomic E-state index is 12.8. The van der Waals surface area contributed by atoms with Gasteiger partial charge in [0.1, 0.15) is 5.82 Å². The van der Waals surface area contributed by atoms with Gasteiger partial charge in [-0.05, 0) is 49.9 Å². The van der Waals surface area contributed by atoms with Crippen molar-refractivity contribution in [2.24, 2.45) is 5.92 Å². The summed E-state index contributed by atoms with van der Waals surface area (Å²) in [5, 5.41) is 4.35. The van der Waals surface area contributed by atoms with E-state index in [2.05, 4.69) is 53.3 Å². The number of aromatic nitrogens is 1. The first-order valence-corrected chi connectivity index (χ1v) is 10.4. The van der Waals surface area contributed by atoms with E-state index in [0.29, 0.717) is 6.54 Å². The Bertz CT molecular complexity index is 965. The number of hydrogen-bond donors (Lipinski definition) is 1. The van der Waals surface area contributed by atoms with Crippen LogP contribution in [0.3, 0.4) is 0 Å². The van der Waals surface area contributed by atoms with Crippen molar-refractivity contribution in [1.29, 1.82) is 0 Å². The second kappa shape index (κ2) is 7.69. The Morgan fingerprint density at radius 2 is 2.15 bits per heavy atom. The molecule has 0 saturated carbocycles. The number of pyridine rings is 1. The molecule has 2 aromatic heterocycles. The summed E-state index contributed by atoms with van der Waals surface area (Å²) >= 11 is 1.80. The van der Waals surface area contributed by atoms with Crippen LogP contribution < -0.4 is 10.2 Å². The highest BCUT2D eigenvalue weighted by molar-refractivity contribution is 7.19. The Kier molecular flexibility index (Phi) is 5.12. The minimum absolute atomic E-state index is 0.0135. The quantitative estimate of drug-likeness (QED) is 0.729. The molecule has 0 aliphatic carbocycles. The Balaban J connectivity index is 1.46. The fraction of sp³-hybridized carbons (Fsp3) is 0.364. The van der Waals surface area contributed by atoms with Crippen LogP contribution in [0.1, 0.15) is 28.8 Å². The number of hydrogen-bond acceptors (Lipinski definition) is 4. The second-order valence-electron chi connectivity index (χ2n) is 7.33. The first kappa shape index (κ1) is 18.0. The van der Waals surface area contributed by atoms with Crippen molar-refractivity contribution in [3.8, 4) is 0 Å². The average molecular weight is 380 g/mol. The first-order valence-electron chi connectivity index (χ1n) is 9.54. The zero-order chi connectivity index (χ0) is 18.8. The molecule has 140 valence electrons. The van der Waals surface area contributed by atoms with E-state index in [1.807, 2.05) is 18.3 Å². The lowest BCUT2D eigenvalue weighted by molar-refractivity contribution is -0.125. The van der Waals surface area contributed by atoms with Gasteiger partial charge in [0.05, 0.1) is 5.92 Å². The average Bonchev–Trinajstić information content (AvgIpc) is 3.07. The van der Waals surface area contributed by atoms with Crippen molar-refractivity contribution < 1.29 is 4.79 Å². The van der Waals surface area contributed by atoms with Crippen LogP contribution in [0.25, 0.3) is 10.1 Å². The van der Waals surface area contributed by atoms with Crippen LogP contribution in [-0.2, 0) is 11.3 Å². The van der Waals surface area contributed by atoms with E-state index in [1.54, 1.807) is 11.3 Å². The Morgan fingerprint density at radius 3 is 3.00 bits per heavy atom. The van der Waals surface area contributed by atoms with Gasteiger partial charge in [-0.3, -0.25) is 4.79 Å². The van der Waals surface area contributed by atoms with Crippen LogP contribution in [0, 0.1) is 19.8 Å². The van der Waals surface area contributed by atoms with Gasteiger partial charge < -0.3 is 10.2 Å². The summed E-state index contributed by atoms with van der Waals surface area (Å²) < 4.78 is 1.27. The van der Waals surface area contributed by atoms with E-state index in [-0.39, 0.29) is 11.8 Å². The van der Waals surface area contributed by atoms with Crippen molar-refractivity contribution in [2.75, 3.05) is 18.0 Å². The lowest BCUT2D eigenvalue weighted by Gasteiger charge is -2.33. The van der Waals surface area contributed by atoms with Crippen LogP contribution >= 0.6 is 11.3 Å². The molecule has 1 unspecified atom stereocenters. The molecule has 0 spiro atoms. The molecular weight excluding hydrogens is 354 g/mol. The van der Waals surface area contributed by atoms with Gasteiger partial charge in [0.15, 0.2) is 0 Å². The topological polar surface area (TPSA) is 45.2 Å². The fourth-order valence-corrected chi connectivity index (χ4v) is 4.76. The predicted octanol–water partition coefficient (Wildman–Crippen LogP) is 4.45. The first-order chi connectivity index (χ1) is 13.1. The lowest BCUT2D eigenvalue weighted by Crippen LogP contribution is -2.43. The number of nitrogens with zero attached hydrogens (tertiary/aromatic N) is 2. The van der Waals surface area contributed by atoms with E-state index in [4.69, 9.17) is 0 Å². The Morgan fingerprint density at radius 1 is 1.30 bits per heavy atom. The molecule has 1 aliphatic rings. The summed E-state index contributed by atoms with van der Waals surface area (Å²) in [7, 11) is 0. The number of carbonyl (C=O) groups is 1. The summed E-state index contributed by atoms with van der Waals surface area (Å²) in [6, 6.07) is 12.5. The number of benzene rings is 1. The van der Waals surface area contributed by atoms with Gasteiger partial charge in [-0.25, -0.2) is 4.98 Å². The molecule has 1 amide bonds. The second-order valence-corrected chi connectivity index (χ2v) is 8.62. The summed E-state index contributed by atoms with van der Waals surface area (Å²) in [6.45, 7) is 6.51. The zero-order valence-electron chi connectivity index (χ0n) is 15.9. The van der Waals surface area contributed by atoms with Crippen molar-refractivity contribution in [1.82, 2.24) is 10.3 Å². The molecule has 5 heteroatoms. The SMILES string of the molecule is Cc1cc2c(N3CCCC(C(=O)NCc4ccccc4C)C3)nccc2s1. The highest BCUT2D eigenvalue weighted by Gasteiger charge is 2.27. The van der Waals surface area contributed by atoms with Crippen molar-refractivity contribution in [3.05, 3.63) is 58.6 Å². The van der Waals surface area contributed by atoms with Gasteiger partial charge in [-0.15, -0.1) is 11.3 Å². The fourth-order valence-electron chi connectivity index (χ4n) is 3.85. The number of nitrogens with one attached hydrogen (secondary N) is 1. The molecule has 1 atom stereocenters. The number of carbonyl (C=O) groups excluding carboxylic acids is 1. The molecule has 0 bridgehead atoms. The van der Waals surface area contributed by atoms with Crippen LogP contribution in [0.15, 0.2) is 42.6 Å². The highest BCUT2D eigenvalue weighted by atomic mass is 32.1. The van der Waals surface area contributed by atoms with E-state index in [1.165, 1.54) is 26.1 Å². The Hall–Kier alpha value is -2.40. The van der Waals surface area contributed by atoms with Crippen LogP contribution in [0.4, 0.5) is 5.82 Å². The monoisotopic (exact) mass is 379 g/mol. The molecule has 1 aromatic carbocycles. The van der Waals surface area contributed by atoms with E-state index >= 15 is 0 Å². The highest BCUT2D eigenvalue weighted by Crippen LogP contribution is 2.33.